The number of carbonyl (C=O) groups is 1. The molecule has 0 unspecified atom stereocenters. The number of aliphatic hydroxyl groups is 3. The van der Waals surface area contributed by atoms with Crippen molar-refractivity contribution in [2.45, 2.75) is 103 Å². The van der Waals surface area contributed by atoms with Crippen LogP contribution in [0.1, 0.15) is 96.8 Å². The van der Waals surface area contributed by atoms with Crippen LogP contribution in [0.15, 0.2) is 12.2 Å². The van der Waals surface area contributed by atoms with Gasteiger partial charge in [-0.1, -0.05) is 70.4 Å². The second kappa shape index (κ2) is 31.2. The first-order valence-electron chi connectivity index (χ1n) is 11.1. The number of carboxylic acids is 1. The first-order chi connectivity index (χ1) is 14.6. The SMILES string of the molecule is CCCCCCCC/C=C\CCCCCCCC(=O)O.O=P([O-])(O)O.OCC(O)CO.[Na+]. The molecule has 0 fully saturated rings. The predicted molar refractivity (Wildman–Crippen MR) is 119 cm³/mol. The van der Waals surface area contributed by atoms with Gasteiger partial charge < -0.3 is 35.1 Å². The van der Waals surface area contributed by atoms with Crippen molar-refractivity contribution < 1.29 is 74.0 Å². The van der Waals surface area contributed by atoms with Crippen LogP contribution in [0.25, 0.3) is 0 Å². The Hall–Kier alpha value is 0.200. The van der Waals surface area contributed by atoms with Crippen LogP contribution in [0.5, 0.6) is 0 Å². The summed E-state index contributed by atoms with van der Waals surface area (Å²) in [6.45, 7) is 1.53. The molecule has 6 N–H and O–H groups in total. The summed E-state index contributed by atoms with van der Waals surface area (Å²) in [5, 5.41) is 32.5. The van der Waals surface area contributed by atoms with E-state index in [0.717, 1.165) is 12.8 Å². The number of hydrogen-bond donors (Lipinski definition) is 6. The fourth-order valence-corrected chi connectivity index (χ4v) is 2.40. The average Bonchev–Trinajstić information content (AvgIpc) is 2.69. The molecular formula is C21H44NaO9P. The van der Waals surface area contributed by atoms with Crippen LogP contribution in [0.3, 0.4) is 0 Å². The number of carboxylic acid groups (broad SMARTS) is 1. The van der Waals surface area contributed by atoms with E-state index in [-0.39, 0.29) is 42.8 Å². The standard InChI is InChI=1S/C18H34O2.C3H8O3.Na.H3O4P/c1-2-3-4-5-6-7-8-9-10-11-12-13-14-15-16-17-18(19)20;4-1-3(6)2-5;;1-5(2,3)4/h9-10H,2-8,11-17H2,1H3,(H,19,20);3-6H,1-2H2;;(H3,1,2,3,4)/q;;+1;/p-1/b10-9-;;;. The fourth-order valence-electron chi connectivity index (χ4n) is 2.40. The average molecular weight is 495 g/mol. The van der Waals surface area contributed by atoms with E-state index < -0.39 is 19.9 Å². The van der Waals surface area contributed by atoms with Gasteiger partial charge in [0.1, 0.15) is 6.10 Å². The molecule has 0 heterocycles. The van der Waals surface area contributed by atoms with E-state index in [4.69, 9.17) is 39.7 Å². The number of rotatable bonds is 17. The zero-order chi connectivity index (χ0) is 24.4. The van der Waals surface area contributed by atoms with Crippen molar-refractivity contribution in [2.24, 2.45) is 0 Å². The van der Waals surface area contributed by atoms with E-state index in [1.165, 1.54) is 70.6 Å². The third kappa shape index (κ3) is 57.3. The van der Waals surface area contributed by atoms with Gasteiger partial charge in [0.2, 0.25) is 0 Å². The normalized spacial score (nSPS) is 10.8. The number of hydrogen-bond acceptors (Lipinski definition) is 6. The molecule has 11 heteroatoms. The Morgan fingerprint density at radius 1 is 0.844 bits per heavy atom. The predicted octanol–water partition coefficient (Wildman–Crippen LogP) is -0.116. The number of phosphoric acid groups is 1. The Morgan fingerprint density at radius 2 is 1.19 bits per heavy atom. The molecule has 0 aromatic carbocycles. The molecule has 0 bridgehead atoms. The Balaban J connectivity index is -0.000000269. The van der Waals surface area contributed by atoms with Gasteiger partial charge >= 0.3 is 35.5 Å². The monoisotopic (exact) mass is 494 g/mol. The van der Waals surface area contributed by atoms with Gasteiger partial charge in [0.25, 0.3) is 7.82 Å². The maximum absolute atomic E-state index is 10.3. The summed E-state index contributed by atoms with van der Waals surface area (Å²) < 4.78 is 8.77. The molecule has 0 rings (SSSR count). The topological polar surface area (TPSA) is 179 Å². The minimum Gasteiger partial charge on any atom is -0.756 e. The molecule has 0 amide bonds. The van der Waals surface area contributed by atoms with Gasteiger partial charge in [-0.2, -0.15) is 0 Å². The van der Waals surface area contributed by atoms with Crippen LogP contribution >= 0.6 is 7.82 Å². The Labute approximate surface area is 215 Å². The van der Waals surface area contributed by atoms with Gasteiger partial charge in [-0.15, -0.1) is 0 Å². The van der Waals surface area contributed by atoms with Crippen LogP contribution in [0.4, 0.5) is 0 Å². The minimum absolute atomic E-state index is 0. The molecule has 0 atom stereocenters. The van der Waals surface area contributed by atoms with Crippen LogP contribution in [0, 0.1) is 0 Å². The molecular weight excluding hydrogens is 450 g/mol. The summed E-state index contributed by atoms with van der Waals surface area (Å²) >= 11 is 0. The van der Waals surface area contributed by atoms with Gasteiger partial charge in [-0.05, 0) is 32.1 Å². The van der Waals surface area contributed by atoms with E-state index in [9.17, 15) is 4.79 Å². The summed E-state index contributed by atoms with van der Waals surface area (Å²) in [6, 6.07) is 0. The molecule has 0 aromatic heterocycles. The van der Waals surface area contributed by atoms with Crippen molar-refractivity contribution in [3.63, 3.8) is 0 Å². The summed E-state index contributed by atoms with van der Waals surface area (Å²) in [6.07, 6.45) is 20.3. The quantitative estimate of drug-likeness (QED) is 0.0696. The largest absolute Gasteiger partial charge is 1.00 e. The summed E-state index contributed by atoms with van der Waals surface area (Å²) in [5.41, 5.74) is 0. The third-order valence-corrected chi connectivity index (χ3v) is 4.07. The zero-order valence-corrected chi connectivity index (χ0v) is 22.8. The molecule has 0 radical (unpaired) electrons. The number of aliphatic hydroxyl groups excluding tert-OH is 3. The van der Waals surface area contributed by atoms with E-state index in [1.807, 2.05) is 0 Å². The van der Waals surface area contributed by atoms with Gasteiger partial charge in [0.15, 0.2) is 0 Å². The van der Waals surface area contributed by atoms with Gasteiger partial charge in [-0.3, -0.25) is 9.36 Å². The second-order valence-electron chi connectivity index (χ2n) is 7.24. The maximum Gasteiger partial charge on any atom is 1.00 e. The Morgan fingerprint density at radius 3 is 1.50 bits per heavy atom. The smallest absolute Gasteiger partial charge is 0.756 e. The van der Waals surface area contributed by atoms with Crippen LogP contribution in [-0.4, -0.2) is 55.5 Å². The van der Waals surface area contributed by atoms with Crippen molar-refractivity contribution in [1.29, 1.82) is 0 Å². The Bertz CT molecular complexity index is 433. The summed E-state index contributed by atoms with van der Waals surface area (Å²) in [5.74, 6) is -0.664. The van der Waals surface area contributed by atoms with Crippen LogP contribution in [0.2, 0.25) is 0 Å². The van der Waals surface area contributed by atoms with Crippen molar-refractivity contribution in [1.82, 2.24) is 0 Å². The molecule has 188 valence electrons. The molecule has 0 spiro atoms. The number of aliphatic carboxylic acids is 1. The second-order valence-corrected chi connectivity index (χ2v) is 8.22. The van der Waals surface area contributed by atoms with Gasteiger partial charge in [-0.25, -0.2) is 0 Å². The van der Waals surface area contributed by atoms with Gasteiger partial charge in [0, 0.05) is 6.42 Å². The molecule has 0 saturated carbocycles. The van der Waals surface area contributed by atoms with Crippen LogP contribution in [-0.2, 0) is 9.36 Å². The fraction of sp³-hybridized carbons (Fsp3) is 0.857. The van der Waals surface area contributed by atoms with Crippen molar-refractivity contribution in [3.05, 3.63) is 12.2 Å². The van der Waals surface area contributed by atoms with Crippen molar-refractivity contribution in [3.8, 4) is 0 Å². The number of unbranched alkanes of at least 4 members (excludes halogenated alkanes) is 11. The first kappa shape index (κ1) is 39.4. The molecule has 0 aliphatic heterocycles. The molecule has 9 nitrogen and oxygen atoms in total. The van der Waals surface area contributed by atoms with E-state index in [1.54, 1.807) is 0 Å². The van der Waals surface area contributed by atoms with Gasteiger partial charge in [0.05, 0.1) is 13.2 Å². The molecule has 0 saturated heterocycles. The van der Waals surface area contributed by atoms with Crippen molar-refractivity contribution in [2.75, 3.05) is 13.2 Å². The summed E-state index contributed by atoms with van der Waals surface area (Å²) in [4.78, 5) is 33.2. The molecule has 0 aliphatic rings. The van der Waals surface area contributed by atoms with E-state index >= 15 is 0 Å². The minimum atomic E-state index is -4.89. The van der Waals surface area contributed by atoms with Crippen LogP contribution < -0.4 is 34.5 Å². The molecule has 32 heavy (non-hydrogen) atoms. The summed E-state index contributed by atoms with van der Waals surface area (Å²) in [7, 11) is -4.89. The maximum atomic E-state index is 10.3. The van der Waals surface area contributed by atoms with E-state index in [0.29, 0.717) is 6.42 Å². The zero-order valence-electron chi connectivity index (χ0n) is 19.9. The third-order valence-electron chi connectivity index (χ3n) is 4.07. The molecule has 0 aliphatic carbocycles. The van der Waals surface area contributed by atoms with Crippen molar-refractivity contribution >= 4 is 13.8 Å². The number of allylic oxidation sites excluding steroid dienone is 2. The van der Waals surface area contributed by atoms with E-state index in [2.05, 4.69) is 19.1 Å². The first-order valence-corrected chi connectivity index (χ1v) is 12.6. The Kier molecular flexibility index (Phi) is 38.4. The molecule has 0 aromatic rings.